The molecule has 0 radical (unpaired) electrons. The number of hydrogen-bond donors (Lipinski definition) is 3. The van der Waals surface area contributed by atoms with Crippen molar-refractivity contribution in [3.8, 4) is 0 Å². The van der Waals surface area contributed by atoms with E-state index in [1.807, 2.05) is 12.1 Å². The smallest absolute Gasteiger partial charge is 0.195 e. The maximum absolute atomic E-state index is 5.83. The average molecular weight is 351 g/mol. The summed E-state index contributed by atoms with van der Waals surface area (Å²) < 4.78 is 5.70. The number of benzene rings is 1. The average Bonchev–Trinajstić information content (AvgIpc) is 3.11. The van der Waals surface area contributed by atoms with Crippen molar-refractivity contribution in [3.05, 3.63) is 24.3 Å². The minimum absolute atomic E-state index is 0.0164. The van der Waals surface area contributed by atoms with Crippen molar-refractivity contribution in [1.82, 2.24) is 5.32 Å². The predicted octanol–water partition coefficient (Wildman–Crippen LogP) is 2.93. The van der Waals surface area contributed by atoms with Gasteiger partial charge in [-0.3, -0.25) is 4.99 Å². The SMILES string of the molecule is CSc1ccccc1NC(=NCC(C)(C)CN)NCC1CCCO1. The molecular weight excluding hydrogens is 320 g/mol. The van der Waals surface area contributed by atoms with Crippen LogP contribution < -0.4 is 16.4 Å². The molecule has 0 aliphatic carbocycles. The summed E-state index contributed by atoms with van der Waals surface area (Å²) in [6, 6.07) is 8.26. The number of nitrogens with zero attached hydrogens (tertiary/aromatic N) is 1. The van der Waals surface area contributed by atoms with E-state index in [9.17, 15) is 0 Å². The third-order valence-corrected chi connectivity index (χ3v) is 4.89. The fraction of sp³-hybridized carbons (Fsp3) is 0.611. The Hall–Kier alpha value is -1.24. The van der Waals surface area contributed by atoms with Crippen molar-refractivity contribution in [2.75, 3.05) is 37.8 Å². The Kier molecular flexibility index (Phi) is 7.40. The molecule has 0 aromatic heterocycles. The number of guanidine groups is 1. The molecule has 1 aromatic carbocycles. The highest BCUT2D eigenvalue weighted by Crippen LogP contribution is 2.24. The first-order valence-corrected chi connectivity index (χ1v) is 9.76. The van der Waals surface area contributed by atoms with Crippen LogP contribution >= 0.6 is 11.8 Å². The number of nitrogens with one attached hydrogen (secondary N) is 2. The zero-order chi connectivity index (χ0) is 17.4. The van der Waals surface area contributed by atoms with Crippen molar-refractivity contribution >= 4 is 23.4 Å². The molecule has 0 spiro atoms. The molecular formula is C18H30N4OS. The van der Waals surface area contributed by atoms with E-state index in [2.05, 4.69) is 42.9 Å². The van der Waals surface area contributed by atoms with Gasteiger partial charge in [0, 0.05) is 24.6 Å². The summed E-state index contributed by atoms with van der Waals surface area (Å²) in [6.45, 7) is 7.18. The normalized spacial score (nSPS) is 18.7. The number of para-hydroxylation sites is 1. The van der Waals surface area contributed by atoms with Gasteiger partial charge >= 0.3 is 0 Å². The van der Waals surface area contributed by atoms with E-state index in [-0.39, 0.29) is 11.5 Å². The first-order valence-electron chi connectivity index (χ1n) is 8.54. The highest BCUT2D eigenvalue weighted by Gasteiger charge is 2.18. The molecule has 1 saturated heterocycles. The van der Waals surface area contributed by atoms with Crippen molar-refractivity contribution in [2.45, 2.75) is 37.7 Å². The van der Waals surface area contributed by atoms with E-state index in [0.717, 1.165) is 37.6 Å². The third-order valence-electron chi connectivity index (χ3n) is 4.10. The Morgan fingerprint density at radius 3 is 2.88 bits per heavy atom. The van der Waals surface area contributed by atoms with E-state index in [4.69, 9.17) is 15.5 Å². The first-order chi connectivity index (χ1) is 11.5. The Balaban J connectivity index is 2.07. The first kappa shape index (κ1) is 19.1. The van der Waals surface area contributed by atoms with Gasteiger partial charge in [0.15, 0.2) is 5.96 Å². The van der Waals surface area contributed by atoms with E-state index < -0.39 is 0 Å². The zero-order valence-corrected chi connectivity index (χ0v) is 15.8. The van der Waals surface area contributed by atoms with Gasteiger partial charge in [-0.05, 0) is 43.2 Å². The molecule has 1 heterocycles. The van der Waals surface area contributed by atoms with Crippen LogP contribution in [0.1, 0.15) is 26.7 Å². The second-order valence-electron chi connectivity index (χ2n) is 6.87. The predicted molar refractivity (Wildman–Crippen MR) is 104 cm³/mol. The molecule has 24 heavy (non-hydrogen) atoms. The molecule has 0 saturated carbocycles. The van der Waals surface area contributed by atoms with Crippen LogP contribution in [0.2, 0.25) is 0 Å². The zero-order valence-electron chi connectivity index (χ0n) is 15.0. The third kappa shape index (κ3) is 6.00. The minimum atomic E-state index is -0.0164. The number of ether oxygens (including phenoxy) is 1. The van der Waals surface area contributed by atoms with Crippen LogP contribution in [0.5, 0.6) is 0 Å². The number of hydrogen-bond acceptors (Lipinski definition) is 4. The number of rotatable bonds is 7. The van der Waals surface area contributed by atoms with E-state index in [1.165, 1.54) is 4.90 Å². The Labute approximate surface area is 149 Å². The van der Waals surface area contributed by atoms with Crippen molar-refractivity contribution < 1.29 is 4.74 Å². The number of aliphatic imine (C=N–C) groups is 1. The van der Waals surface area contributed by atoms with Gasteiger partial charge in [-0.2, -0.15) is 0 Å². The largest absolute Gasteiger partial charge is 0.376 e. The van der Waals surface area contributed by atoms with Crippen LogP contribution in [0, 0.1) is 5.41 Å². The number of nitrogens with two attached hydrogens (primary N) is 1. The van der Waals surface area contributed by atoms with Gasteiger partial charge in [0.1, 0.15) is 0 Å². The molecule has 0 amide bonds. The van der Waals surface area contributed by atoms with Gasteiger partial charge in [0.25, 0.3) is 0 Å². The van der Waals surface area contributed by atoms with E-state index in [0.29, 0.717) is 13.1 Å². The molecule has 2 rings (SSSR count). The number of thioether (sulfide) groups is 1. The molecule has 1 unspecified atom stereocenters. The molecule has 1 aliphatic rings. The Morgan fingerprint density at radius 2 is 2.21 bits per heavy atom. The summed E-state index contributed by atoms with van der Waals surface area (Å²) in [7, 11) is 0. The lowest BCUT2D eigenvalue weighted by atomic mass is 9.94. The van der Waals surface area contributed by atoms with Crippen molar-refractivity contribution in [2.24, 2.45) is 16.1 Å². The van der Waals surface area contributed by atoms with Crippen LogP contribution in [0.3, 0.4) is 0 Å². The summed E-state index contributed by atoms with van der Waals surface area (Å²) in [5, 5.41) is 6.86. The molecule has 1 fully saturated rings. The van der Waals surface area contributed by atoms with Crippen LogP contribution in [-0.2, 0) is 4.74 Å². The maximum atomic E-state index is 5.83. The number of anilines is 1. The lowest BCUT2D eigenvalue weighted by Gasteiger charge is -2.22. The van der Waals surface area contributed by atoms with Gasteiger partial charge in [-0.15, -0.1) is 11.8 Å². The van der Waals surface area contributed by atoms with Crippen LogP contribution in [0.4, 0.5) is 5.69 Å². The summed E-state index contributed by atoms with van der Waals surface area (Å²) in [5.74, 6) is 0.786. The van der Waals surface area contributed by atoms with Gasteiger partial charge in [-0.25, -0.2) is 0 Å². The molecule has 4 N–H and O–H groups in total. The molecule has 5 nitrogen and oxygen atoms in total. The van der Waals surface area contributed by atoms with Crippen molar-refractivity contribution in [1.29, 1.82) is 0 Å². The van der Waals surface area contributed by atoms with Crippen LogP contribution in [-0.4, -0.2) is 44.6 Å². The van der Waals surface area contributed by atoms with E-state index in [1.54, 1.807) is 11.8 Å². The van der Waals surface area contributed by atoms with Crippen LogP contribution in [0.25, 0.3) is 0 Å². The topological polar surface area (TPSA) is 71.7 Å². The Morgan fingerprint density at radius 1 is 1.42 bits per heavy atom. The quantitative estimate of drug-likeness (QED) is 0.401. The molecule has 134 valence electrons. The summed E-state index contributed by atoms with van der Waals surface area (Å²) in [4.78, 5) is 5.94. The van der Waals surface area contributed by atoms with Crippen LogP contribution in [0.15, 0.2) is 34.2 Å². The standard InChI is InChI=1S/C18H30N4OS/c1-18(2,12-19)13-21-17(20-11-14-7-6-10-23-14)22-15-8-4-5-9-16(15)24-3/h4-5,8-9,14H,6-7,10-13,19H2,1-3H3,(H2,20,21,22). The summed E-state index contributed by atoms with van der Waals surface area (Å²) in [5.41, 5.74) is 6.88. The lowest BCUT2D eigenvalue weighted by Crippen LogP contribution is -2.38. The summed E-state index contributed by atoms with van der Waals surface area (Å²) >= 11 is 1.72. The highest BCUT2D eigenvalue weighted by atomic mass is 32.2. The second kappa shape index (κ2) is 9.30. The maximum Gasteiger partial charge on any atom is 0.195 e. The molecule has 1 aromatic rings. The molecule has 6 heteroatoms. The monoisotopic (exact) mass is 350 g/mol. The fourth-order valence-electron chi connectivity index (χ4n) is 2.39. The fourth-order valence-corrected chi connectivity index (χ4v) is 2.94. The molecule has 1 atom stereocenters. The second-order valence-corrected chi connectivity index (χ2v) is 7.72. The van der Waals surface area contributed by atoms with Gasteiger partial charge in [-0.1, -0.05) is 26.0 Å². The lowest BCUT2D eigenvalue weighted by molar-refractivity contribution is 0.114. The van der Waals surface area contributed by atoms with Gasteiger partial charge in [0.2, 0.25) is 0 Å². The van der Waals surface area contributed by atoms with E-state index >= 15 is 0 Å². The van der Waals surface area contributed by atoms with Gasteiger partial charge in [0.05, 0.1) is 11.8 Å². The highest BCUT2D eigenvalue weighted by molar-refractivity contribution is 7.98. The Bertz CT molecular complexity index is 542. The molecule has 0 bridgehead atoms. The van der Waals surface area contributed by atoms with Gasteiger partial charge < -0.3 is 21.1 Å². The minimum Gasteiger partial charge on any atom is -0.376 e. The summed E-state index contributed by atoms with van der Waals surface area (Å²) in [6.07, 6.45) is 4.60. The molecule has 1 aliphatic heterocycles. The van der Waals surface area contributed by atoms with Crippen molar-refractivity contribution in [3.63, 3.8) is 0 Å².